The van der Waals surface area contributed by atoms with Gasteiger partial charge in [-0.1, -0.05) is 0 Å². The van der Waals surface area contributed by atoms with E-state index in [0.29, 0.717) is 0 Å². The summed E-state index contributed by atoms with van der Waals surface area (Å²) in [5, 5.41) is 0. The van der Waals surface area contributed by atoms with Crippen molar-refractivity contribution in [1.82, 2.24) is 9.97 Å². The zero-order valence-corrected chi connectivity index (χ0v) is 9.29. The lowest BCUT2D eigenvalue weighted by Gasteiger charge is -2.06. The maximum atomic E-state index is 13.4. The van der Waals surface area contributed by atoms with E-state index >= 15 is 0 Å². The maximum Gasteiger partial charge on any atom is 0.269 e. The number of rotatable bonds is 2. The van der Waals surface area contributed by atoms with Crippen molar-refractivity contribution >= 4 is 0 Å². The first-order chi connectivity index (χ1) is 8.49. The molecule has 1 aromatic heterocycles. The summed E-state index contributed by atoms with van der Waals surface area (Å²) >= 11 is 0. The van der Waals surface area contributed by atoms with Gasteiger partial charge in [0.2, 0.25) is 0 Å². The molecule has 6 heteroatoms. The Morgan fingerprint density at radius 1 is 1.00 bits per heavy atom. The summed E-state index contributed by atoms with van der Waals surface area (Å²) in [6.45, 7) is 1.75. The molecule has 0 radical (unpaired) electrons. The molecule has 0 N–H and O–H groups in total. The molecule has 0 atom stereocenters. The summed E-state index contributed by atoms with van der Waals surface area (Å²) < 4.78 is 51.4. The van der Waals surface area contributed by atoms with E-state index in [-0.39, 0.29) is 11.4 Å². The fraction of sp³-hybridized carbons (Fsp3) is 0.167. The first-order valence-electron chi connectivity index (χ1n) is 5.05. The predicted molar refractivity (Wildman–Crippen MR) is 57.1 cm³/mol. The summed E-state index contributed by atoms with van der Waals surface area (Å²) in [6.07, 6.45) is -0.254. The van der Waals surface area contributed by atoms with E-state index in [1.54, 1.807) is 6.92 Å². The lowest BCUT2D eigenvalue weighted by atomic mass is 10.1. The number of hydrogen-bond donors (Lipinski definition) is 0. The largest absolute Gasteiger partial charge is 0.269 e. The van der Waals surface area contributed by atoms with Crippen molar-refractivity contribution in [2.75, 3.05) is 0 Å². The normalized spacial score (nSPS) is 11.0. The van der Waals surface area contributed by atoms with Gasteiger partial charge in [-0.3, -0.25) is 0 Å². The van der Waals surface area contributed by atoms with Crippen molar-refractivity contribution < 1.29 is 17.6 Å². The van der Waals surface area contributed by atoms with Gasteiger partial charge >= 0.3 is 0 Å². The highest BCUT2D eigenvalue weighted by Crippen LogP contribution is 2.28. The predicted octanol–water partition coefficient (Wildman–Crippen LogP) is 3.67. The Bertz CT molecular complexity index is 544. The number of nitrogens with zero attached hydrogens (tertiary/aromatic N) is 2. The van der Waals surface area contributed by atoms with E-state index < -0.39 is 23.6 Å². The third-order valence-electron chi connectivity index (χ3n) is 2.34. The van der Waals surface area contributed by atoms with Crippen molar-refractivity contribution in [3.8, 4) is 11.4 Å². The zero-order valence-electron chi connectivity index (χ0n) is 9.29. The molecule has 0 saturated heterocycles. The SMILES string of the molecule is Cc1cnc(-c2cc(F)c(C(F)F)c(F)c2)nc1. The second kappa shape index (κ2) is 4.72. The van der Waals surface area contributed by atoms with Gasteiger partial charge in [-0.2, -0.15) is 0 Å². The van der Waals surface area contributed by atoms with Gasteiger partial charge in [-0.05, 0) is 24.6 Å². The van der Waals surface area contributed by atoms with Crippen LogP contribution in [0.5, 0.6) is 0 Å². The van der Waals surface area contributed by atoms with Crippen LogP contribution < -0.4 is 0 Å². The van der Waals surface area contributed by atoms with E-state index in [0.717, 1.165) is 17.7 Å². The Labute approximate surface area is 100 Å². The molecule has 0 saturated carbocycles. The molecule has 18 heavy (non-hydrogen) atoms. The number of halogens is 4. The zero-order chi connectivity index (χ0) is 13.3. The summed E-state index contributed by atoms with van der Waals surface area (Å²) in [5.74, 6) is -2.52. The lowest BCUT2D eigenvalue weighted by Crippen LogP contribution is -1.98. The van der Waals surface area contributed by atoms with Crippen LogP contribution >= 0.6 is 0 Å². The highest BCUT2D eigenvalue weighted by atomic mass is 19.3. The minimum Gasteiger partial charge on any atom is -0.236 e. The van der Waals surface area contributed by atoms with Crippen molar-refractivity contribution in [1.29, 1.82) is 0 Å². The molecule has 1 heterocycles. The topological polar surface area (TPSA) is 25.8 Å². The van der Waals surface area contributed by atoms with E-state index in [1.165, 1.54) is 12.4 Å². The average molecular weight is 256 g/mol. The van der Waals surface area contributed by atoms with Crippen molar-refractivity contribution in [3.63, 3.8) is 0 Å². The van der Waals surface area contributed by atoms with Crippen LogP contribution in [0.4, 0.5) is 17.6 Å². The van der Waals surface area contributed by atoms with Gasteiger partial charge in [0, 0.05) is 18.0 Å². The van der Waals surface area contributed by atoms with Gasteiger partial charge < -0.3 is 0 Å². The number of aryl methyl sites for hydroxylation is 1. The molecule has 0 aliphatic carbocycles. The van der Waals surface area contributed by atoms with E-state index in [4.69, 9.17) is 0 Å². The maximum absolute atomic E-state index is 13.4. The van der Waals surface area contributed by atoms with Crippen molar-refractivity contribution in [2.24, 2.45) is 0 Å². The van der Waals surface area contributed by atoms with E-state index in [1.807, 2.05) is 0 Å². The third kappa shape index (κ3) is 2.32. The molecule has 2 rings (SSSR count). The van der Waals surface area contributed by atoms with Crippen LogP contribution in [0.3, 0.4) is 0 Å². The van der Waals surface area contributed by atoms with Gasteiger partial charge in [0.15, 0.2) is 5.82 Å². The van der Waals surface area contributed by atoms with Crippen molar-refractivity contribution in [2.45, 2.75) is 13.3 Å². The molecule has 0 aliphatic rings. The average Bonchev–Trinajstić information content (AvgIpc) is 2.28. The molecule has 94 valence electrons. The first kappa shape index (κ1) is 12.5. The van der Waals surface area contributed by atoms with Gasteiger partial charge in [0.25, 0.3) is 6.43 Å². The second-order valence-electron chi connectivity index (χ2n) is 3.74. The Morgan fingerprint density at radius 3 is 1.94 bits per heavy atom. The summed E-state index contributed by atoms with van der Waals surface area (Å²) in [5.41, 5.74) is -0.427. The van der Waals surface area contributed by atoms with Crippen LogP contribution in [0.25, 0.3) is 11.4 Å². The van der Waals surface area contributed by atoms with Gasteiger partial charge in [0.1, 0.15) is 11.6 Å². The minimum atomic E-state index is -3.20. The Kier molecular flexibility index (Phi) is 3.27. The third-order valence-corrected chi connectivity index (χ3v) is 2.34. The molecular formula is C12H8F4N2. The molecule has 0 bridgehead atoms. The van der Waals surface area contributed by atoms with E-state index in [2.05, 4.69) is 9.97 Å². The summed E-state index contributed by atoms with van der Waals surface area (Å²) in [6, 6.07) is 1.60. The summed E-state index contributed by atoms with van der Waals surface area (Å²) in [4.78, 5) is 7.75. The molecule has 2 nitrogen and oxygen atoms in total. The standard InChI is InChI=1S/C12H8F4N2/c1-6-4-17-12(18-5-6)7-2-8(13)10(11(15)16)9(14)3-7/h2-5,11H,1H3. The lowest BCUT2D eigenvalue weighted by molar-refractivity contribution is 0.141. The quantitative estimate of drug-likeness (QED) is 0.766. The first-order valence-corrected chi connectivity index (χ1v) is 5.05. The molecular weight excluding hydrogens is 248 g/mol. The van der Waals surface area contributed by atoms with Crippen LogP contribution in [0, 0.1) is 18.6 Å². The van der Waals surface area contributed by atoms with Crippen molar-refractivity contribution in [3.05, 3.63) is 47.3 Å². The van der Waals surface area contributed by atoms with Gasteiger partial charge in [-0.25, -0.2) is 27.5 Å². The van der Waals surface area contributed by atoms with Gasteiger partial charge in [-0.15, -0.1) is 0 Å². The van der Waals surface area contributed by atoms with Crippen LogP contribution in [0.15, 0.2) is 24.5 Å². The molecule has 0 amide bonds. The highest BCUT2D eigenvalue weighted by Gasteiger charge is 2.20. The van der Waals surface area contributed by atoms with Gasteiger partial charge in [0.05, 0.1) is 5.56 Å². The second-order valence-corrected chi connectivity index (χ2v) is 3.74. The van der Waals surface area contributed by atoms with Crippen LogP contribution in [-0.4, -0.2) is 9.97 Å². The Morgan fingerprint density at radius 2 is 1.50 bits per heavy atom. The number of aromatic nitrogens is 2. The van der Waals surface area contributed by atoms with E-state index in [9.17, 15) is 17.6 Å². The molecule has 0 fully saturated rings. The molecule has 2 aromatic rings. The highest BCUT2D eigenvalue weighted by molar-refractivity contribution is 5.56. The minimum absolute atomic E-state index is 0.0226. The Hall–Kier alpha value is -1.98. The van der Waals surface area contributed by atoms with Crippen LogP contribution in [0.1, 0.15) is 17.6 Å². The fourth-order valence-corrected chi connectivity index (χ4v) is 1.46. The Balaban J connectivity index is 2.51. The molecule has 0 spiro atoms. The van der Waals surface area contributed by atoms with Crippen LogP contribution in [0.2, 0.25) is 0 Å². The monoisotopic (exact) mass is 256 g/mol. The van der Waals surface area contributed by atoms with Crippen LogP contribution in [-0.2, 0) is 0 Å². The number of benzene rings is 1. The number of hydrogen-bond acceptors (Lipinski definition) is 2. The smallest absolute Gasteiger partial charge is 0.236 e. The number of alkyl halides is 2. The molecule has 1 aromatic carbocycles. The summed E-state index contributed by atoms with van der Waals surface area (Å²) in [7, 11) is 0. The molecule has 0 aliphatic heterocycles. The molecule has 0 unspecified atom stereocenters. The fourth-order valence-electron chi connectivity index (χ4n) is 1.46.